The molecule has 6 nitrogen and oxygen atoms in total. The molecule has 0 saturated carbocycles. The molecule has 1 saturated heterocycles. The summed E-state index contributed by atoms with van der Waals surface area (Å²) in [7, 11) is 0. The fraction of sp³-hybridized carbons (Fsp3) is 0.722. The van der Waals surface area contributed by atoms with E-state index in [1.807, 2.05) is 17.0 Å². The molecular weight excluding hydrogens is 306 g/mol. The normalized spacial score (nSPS) is 23.4. The number of nitrogens with zero attached hydrogens (tertiary/aromatic N) is 2. The number of aliphatic hydroxyl groups is 1. The van der Waals surface area contributed by atoms with Gasteiger partial charge in [-0.1, -0.05) is 20.8 Å². The molecule has 24 heavy (non-hydrogen) atoms. The Kier molecular flexibility index (Phi) is 7.27. The maximum absolute atomic E-state index is 12.3. The average Bonchev–Trinajstić information content (AvgIpc) is 3.09. The van der Waals surface area contributed by atoms with Crippen LogP contribution in [0.25, 0.3) is 0 Å². The highest BCUT2D eigenvalue weighted by atomic mass is 16.3. The van der Waals surface area contributed by atoms with E-state index in [0.29, 0.717) is 25.6 Å². The molecule has 1 aromatic rings. The number of piperidine rings is 1. The van der Waals surface area contributed by atoms with E-state index in [0.717, 1.165) is 31.8 Å². The summed E-state index contributed by atoms with van der Waals surface area (Å²) in [6, 6.07) is 3.88. The quantitative estimate of drug-likeness (QED) is 0.752. The van der Waals surface area contributed by atoms with Gasteiger partial charge < -0.3 is 14.8 Å². The number of nitrogens with one attached hydrogen (secondary N) is 1. The summed E-state index contributed by atoms with van der Waals surface area (Å²) in [6.07, 6.45) is 2.27. The van der Waals surface area contributed by atoms with Gasteiger partial charge >= 0.3 is 0 Å². The molecule has 1 aliphatic rings. The van der Waals surface area contributed by atoms with Crippen molar-refractivity contribution in [2.75, 3.05) is 39.3 Å². The van der Waals surface area contributed by atoms with E-state index in [9.17, 15) is 9.90 Å². The van der Waals surface area contributed by atoms with E-state index in [2.05, 4.69) is 31.0 Å². The minimum absolute atomic E-state index is 0.000431. The lowest BCUT2D eigenvalue weighted by Crippen LogP contribution is -2.48. The number of hydrogen-bond acceptors (Lipinski definition) is 5. The van der Waals surface area contributed by atoms with E-state index in [1.54, 1.807) is 6.26 Å². The Labute approximate surface area is 144 Å². The van der Waals surface area contributed by atoms with Crippen LogP contribution in [0.15, 0.2) is 22.8 Å². The fourth-order valence-electron chi connectivity index (χ4n) is 3.28. The van der Waals surface area contributed by atoms with Crippen LogP contribution < -0.4 is 5.32 Å². The van der Waals surface area contributed by atoms with Crippen LogP contribution in [-0.2, 0) is 4.79 Å². The van der Waals surface area contributed by atoms with Crippen molar-refractivity contribution >= 4 is 5.91 Å². The molecule has 0 aromatic carbocycles. The zero-order valence-electron chi connectivity index (χ0n) is 15.1. The summed E-state index contributed by atoms with van der Waals surface area (Å²) in [6.45, 7) is 10.4. The molecule has 0 aliphatic carbocycles. The third-order valence-electron chi connectivity index (χ3n) is 4.99. The summed E-state index contributed by atoms with van der Waals surface area (Å²) >= 11 is 0. The molecule has 0 bridgehead atoms. The highest BCUT2D eigenvalue weighted by molar-refractivity contribution is 5.78. The van der Waals surface area contributed by atoms with Crippen LogP contribution in [0.4, 0.5) is 0 Å². The van der Waals surface area contributed by atoms with Crippen LogP contribution in [-0.4, -0.2) is 66.2 Å². The van der Waals surface area contributed by atoms with Gasteiger partial charge in [-0.2, -0.15) is 0 Å². The zero-order chi connectivity index (χ0) is 17.5. The Morgan fingerprint density at radius 2 is 2.25 bits per heavy atom. The Morgan fingerprint density at radius 1 is 1.50 bits per heavy atom. The monoisotopic (exact) mass is 337 g/mol. The van der Waals surface area contributed by atoms with Crippen molar-refractivity contribution in [1.82, 2.24) is 15.1 Å². The predicted molar refractivity (Wildman–Crippen MR) is 93.6 cm³/mol. The Morgan fingerprint density at radius 3 is 2.83 bits per heavy atom. The van der Waals surface area contributed by atoms with Crippen molar-refractivity contribution in [1.29, 1.82) is 0 Å². The average molecular weight is 337 g/mol. The SMILES string of the molecule is CCN(CC)C(CNC(=O)CN1CCC(C)C(O)C1)c1ccco1. The lowest BCUT2D eigenvalue weighted by atomic mass is 9.96. The number of carbonyl (C=O) groups excluding carboxylic acids is 1. The molecule has 1 aliphatic heterocycles. The maximum atomic E-state index is 12.3. The molecule has 1 fully saturated rings. The number of aliphatic hydroxyl groups excluding tert-OH is 1. The van der Waals surface area contributed by atoms with Crippen LogP contribution in [0.5, 0.6) is 0 Å². The largest absolute Gasteiger partial charge is 0.468 e. The van der Waals surface area contributed by atoms with E-state index >= 15 is 0 Å². The van der Waals surface area contributed by atoms with Gasteiger partial charge in [0.25, 0.3) is 0 Å². The van der Waals surface area contributed by atoms with Crippen molar-refractivity contribution in [3.63, 3.8) is 0 Å². The number of rotatable bonds is 8. The second kappa shape index (κ2) is 9.20. The lowest BCUT2D eigenvalue weighted by Gasteiger charge is -2.34. The van der Waals surface area contributed by atoms with E-state index in [-0.39, 0.29) is 18.1 Å². The van der Waals surface area contributed by atoms with Gasteiger partial charge in [-0.25, -0.2) is 0 Å². The summed E-state index contributed by atoms with van der Waals surface area (Å²) < 4.78 is 5.55. The van der Waals surface area contributed by atoms with Crippen molar-refractivity contribution in [3.05, 3.63) is 24.2 Å². The molecule has 0 spiro atoms. The fourth-order valence-corrected chi connectivity index (χ4v) is 3.28. The van der Waals surface area contributed by atoms with Gasteiger partial charge in [0.2, 0.25) is 5.91 Å². The number of β-amino-alcohol motifs (C(OH)–C–C–N with tert-alkyl or cyclic N) is 1. The number of carbonyl (C=O) groups is 1. The van der Waals surface area contributed by atoms with Crippen molar-refractivity contribution < 1.29 is 14.3 Å². The molecule has 2 rings (SSSR count). The molecule has 1 amide bonds. The molecule has 3 unspecified atom stereocenters. The van der Waals surface area contributed by atoms with Crippen molar-refractivity contribution in [2.45, 2.75) is 39.3 Å². The third-order valence-corrected chi connectivity index (χ3v) is 4.99. The first kappa shape index (κ1) is 19.0. The molecule has 1 aromatic heterocycles. The second-order valence-corrected chi connectivity index (χ2v) is 6.62. The summed E-state index contributed by atoms with van der Waals surface area (Å²) in [5.41, 5.74) is 0. The van der Waals surface area contributed by atoms with Gasteiger partial charge in [0.15, 0.2) is 0 Å². The van der Waals surface area contributed by atoms with Gasteiger partial charge in [0.05, 0.1) is 25.0 Å². The number of likely N-dealkylation sites (N-methyl/N-ethyl adjacent to an activating group) is 1. The van der Waals surface area contributed by atoms with Crippen LogP contribution >= 0.6 is 0 Å². The molecule has 2 N–H and O–H groups in total. The first-order chi connectivity index (χ1) is 11.5. The number of hydrogen-bond donors (Lipinski definition) is 2. The molecule has 2 heterocycles. The minimum Gasteiger partial charge on any atom is -0.468 e. The molecular formula is C18H31N3O3. The summed E-state index contributed by atoms with van der Waals surface area (Å²) in [4.78, 5) is 16.6. The standard InChI is InChI=1S/C18H31N3O3/c1-4-21(5-2)15(17-7-6-10-24-17)11-19-18(23)13-20-9-8-14(3)16(22)12-20/h6-7,10,14-16,22H,4-5,8-9,11-13H2,1-3H3,(H,19,23). The van der Waals surface area contributed by atoms with Crippen LogP contribution in [0, 0.1) is 5.92 Å². The number of amides is 1. The third kappa shape index (κ3) is 5.06. The number of furan rings is 1. The number of likely N-dealkylation sites (tertiary alicyclic amines) is 1. The Hall–Kier alpha value is -1.37. The van der Waals surface area contributed by atoms with Gasteiger partial charge in [-0.05, 0) is 44.1 Å². The predicted octanol–water partition coefficient (Wildman–Crippen LogP) is 1.48. The van der Waals surface area contributed by atoms with Crippen LogP contribution in [0.2, 0.25) is 0 Å². The molecule has 3 atom stereocenters. The van der Waals surface area contributed by atoms with Gasteiger partial charge in [-0.15, -0.1) is 0 Å². The highest BCUT2D eigenvalue weighted by Gasteiger charge is 2.26. The smallest absolute Gasteiger partial charge is 0.234 e. The van der Waals surface area contributed by atoms with Crippen LogP contribution in [0.3, 0.4) is 0 Å². The lowest BCUT2D eigenvalue weighted by molar-refractivity contribution is -0.123. The van der Waals surface area contributed by atoms with E-state index in [4.69, 9.17) is 4.42 Å². The zero-order valence-corrected chi connectivity index (χ0v) is 15.1. The van der Waals surface area contributed by atoms with Crippen molar-refractivity contribution in [2.24, 2.45) is 5.92 Å². The summed E-state index contributed by atoms with van der Waals surface area (Å²) in [5, 5.41) is 13.0. The second-order valence-electron chi connectivity index (χ2n) is 6.62. The van der Waals surface area contributed by atoms with Gasteiger partial charge in [0, 0.05) is 13.1 Å². The highest BCUT2D eigenvalue weighted by Crippen LogP contribution is 2.20. The van der Waals surface area contributed by atoms with Gasteiger partial charge in [0.1, 0.15) is 5.76 Å². The Balaban J connectivity index is 1.86. The van der Waals surface area contributed by atoms with Gasteiger partial charge in [-0.3, -0.25) is 14.6 Å². The van der Waals surface area contributed by atoms with E-state index in [1.165, 1.54) is 0 Å². The maximum Gasteiger partial charge on any atom is 0.234 e. The first-order valence-electron chi connectivity index (χ1n) is 8.99. The van der Waals surface area contributed by atoms with E-state index < -0.39 is 0 Å². The molecule has 0 radical (unpaired) electrons. The molecule has 136 valence electrons. The topological polar surface area (TPSA) is 69.0 Å². The molecule has 6 heteroatoms. The van der Waals surface area contributed by atoms with Crippen LogP contribution in [0.1, 0.15) is 39.0 Å². The van der Waals surface area contributed by atoms with Crippen molar-refractivity contribution in [3.8, 4) is 0 Å². The summed E-state index contributed by atoms with van der Waals surface area (Å²) in [5.74, 6) is 1.19. The first-order valence-corrected chi connectivity index (χ1v) is 8.99. The minimum atomic E-state index is -0.335. The Bertz CT molecular complexity index is 488.